The molecule has 26 heavy (non-hydrogen) atoms. The fourth-order valence-corrected chi connectivity index (χ4v) is 5.51. The lowest BCUT2D eigenvalue weighted by atomic mass is 9.62. The number of nitrogens with zero attached hydrogens (tertiary/aromatic N) is 2. The number of hydrogen-bond donors (Lipinski definition) is 1. The number of hydrogen-bond acceptors (Lipinski definition) is 5. The number of nitrogens with two attached hydrogens (primary N) is 1. The van der Waals surface area contributed by atoms with Gasteiger partial charge in [0, 0.05) is 50.9 Å². The van der Waals surface area contributed by atoms with Crippen LogP contribution in [0.2, 0.25) is 0 Å². The van der Waals surface area contributed by atoms with Gasteiger partial charge in [0.2, 0.25) is 0 Å². The molecule has 3 unspecified atom stereocenters. The Morgan fingerprint density at radius 2 is 2.08 bits per heavy atom. The Labute approximate surface area is 155 Å². The first kappa shape index (κ1) is 17.9. The molecule has 0 aromatic carbocycles. The Kier molecular flexibility index (Phi) is 4.99. The first-order valence-corrected chi connectivity index (χ1v) is 9.78. The van der Waals surface area contributed by atoms with Crippen LogP contribution in [0.3, 0.4) is 0 Å². The summed E-state index contributed by atoms with van der Waals surface area (Å²) in [5.41, 5.74) is 6.49. The van der Waals surface area contributed by atoms with Gasteiger partial charge in [-0.05, 0) is 43.4 Å². The highest BCUT2D eigenvalue weighted by Gasteiger charge is 2.54. The number of piperidine rings is 1. The van der Waals surface area contributed by atoms with Crippen molar-refractivity contribution in [3.63, 3.8) is 0 Å². The van der Waals surface area contributed by atoms with E-state index in [1.165, 1.54) is 12.8 Å². The van der Waals surface area contributed by atoms with E-state index in [4.69, 9.17) is 15.2 Å². The molecule has 1 aliphatic carbocycles. The average molecular weight is 359 g/mol. The maximum Gasteiger partial charge on any atom is 0.267 e. The van der Waals surface area contributed by atoms with Crippen molar-refractivity contribution in [2.45, 2.75) is 43.7 Å². The molecule has 6 heteroatoms. The summed E-state index contributed by atoms with van der Waals surface area (Å²) < 4.78 is 12.0. The molecule has 3 aliphatic rings. The summed E-state index contributed by atoms with van der Waals surface area (Å²) in [5.74, 6) is 0.329. The van der Waals surface area contributed by atoms with Gasteiger partial charge in [-0.3, -0.25) is 14.7 Å². The smallest absolute Gasteiger partial charge is 0.267 e. The van der Waals surface area contributed by atoms with Gasteiger partial charge in [0.1, 0.15) is 11.3 Å². The lowest BCUT2D eigenvalue weighted by Crippen LogP contribution is -2.61. The number of amides is 1. The van der Waals surface area contributed by atoms with E-state index in [9.17, 15) is 4.79 Å². The second-order valence-electron chi connectivity index (χ2n) is 7.94. The SMILES string of the molecule is COC1(c2ccnc(C(N)=O)c2)C2CCCC1CN(C1CCCOC1)C2. The van der Waals surface area contributed by atoms with Crippen molar-refractivity contribution >= 4 is 5.91 Å². The molecule has 1 amide bonds. The molecule has 1 aromatic heterocycles. The second kappa shape index (κ2) is 7.25. The molecule has 4 rings (SSSR count). The molecule has 1 aromatic rings. The first-order chi connectivity index (χ1) is 12.6. The fraction of sp³-hybridized carbons (Fsp3) is 0.700. The molecule has 3 heterocycles. The van der Waals surface area contributed by atoms with Gasteiger partial charge >= 0.3 is 0 Å². The molecule has 2 aliphatic heterocycles. The summed E-state index contributed by atoms with van der Waals surface area (Å²) in [6.45, 7) is 3.78. The zero-order chi connectivity index (χ0) is 18.1. The monoisotopic (exact) mass is 359 g/mol. The number of carbonyl (C=O) groups excluding carboxylic acids is 1. The molecule has 3 fully saturated rings. The number of aromatic nitrogens is 1. The molecule has 2 saturated heterocycles. The van der Waals surface area contributed by atoms with E-state index in [0.29, 0.717) is 23.6 Å². The van der Waals surface area contributed by atoms with Gasteiger partial charge < -0.3 is 15.2 Å². The summed E-state index contributed by atoms with van der Waals surface area (Å²) >= 11 is 0. The third-order valence-electron chi connectivity index (χ3n) is 6.68. The van der Waals surface area contributed by atoms with E-state index in [2.05, 4.69) is 9.88 Å². The minimum absolute atomic E-state index is 0.320. The van der Waals surface area contributed by atoms with Gasteiger partial charge in [0.05, 0.1) is 6.61 Å². The van der Waals surface area contributed by atoms with Crippen LogP contribution in [0, 0.1) is 11.8 Å². The highest BCUT2D eigenvalue weighted by atomic mass is 16.5. The molecule has 1 saturated carbocycles. The normalized spacial score (nSPS) is 35.2. The molecule has 2 N–H and O–H groups in total. The van der Waals surface area contributed by atoms with Crippen LogP contribution in [0.15, 0.2) is 18.3 Å². The molecule has 6 nitrogen and oxygen atoms in total. The van der Waals surface area contributed by atoms with Crippen molar-refractivity contribution in [1.82, 2.24) is 9.88 Å². The van der Waals surface area contributed by atoms with E-state index < -0.39 is 5.91 Å². The number of rotatable bonds is 4. The van der Waals surface area contributed by atoms with E-state index in [1.807, 2.05) is 19.2 Å². The second-order valence-corrected chi connectivity index (χ2v) is 7.94. The van der Waals surface area contributed by atoms with Crippen LogP contribution >= 0.6 is 0 Å². The Hall–Kier alpha value is -1.50. The molecule has 142 valence electrons. The zero-order valence-corrected chi connectivity index (χ0v) is 15.5. The zero-order valence-electron chi connectivity index (χ0n) is 15.5. The molecular weight excluding hydrogens is 330 g/mol. The predicted molar refractivity (Wildman–Crippen MR) is 97.7 cm³/mol. The Morgan fingerprint density at radius 1 is 1.31 bits per heavy atom. The third-order valence-corrected chi connectivity index (χ3v) is 6.68. The van der Waals surface area contributed by atoms with Gasteiger partial charge in [0.15, 0.2) is 0 Å². The Morgan fingerprint density at radius 3 is 2.69 bits per heavy atom. The van der Waals surface area contributed by atoms with Crippen LogP contribution in [0.25, 0.3) is 0 Å². The van der Waals surface area contributed by atoms with Crippen LogP contribution < -0.4 is 5.73 Å². The van der Waals surface area contributed by atoms with E-state index in [-0.39, 0.29) is 5.60 Å². The average Bonchev–Trinajstić information content (AvgIpc) is 2.67. The summed E-state index contributed by atoms with van der Waals surface area (Å²) in [6, 6.07) is 4.37. The maximum atomic E-state index is 11.6. The summed E-state index contributed by atoms with van der Waals surface area (Å²) in [5, 5.41) is 0. The number of pyridine rings is 1. The lowest BCUT2D eigenvalue weighted by Gasteiger charge is -2.57. The predicted octanol–water partition coefficient (Wildman–Crippen LogP) is 1.93. The van der Waals surface area contributed by atoms with Crippen LogP contribution in [0.4, 0.5) is 0 Å². The summed E-state index contributed by atoms with van der Waals surface area (Å²) in [4.78, 5) is 18.4. The number of methoxy groups -OCH3 is 1. The highest BCUT2D eigenvalue weighted by molar-refractivity contribution is 5.90. The van der Waals surface area contributed by atoms with Crippen LogP contribution in [0.1, 0.15) is 48.2 Å². The van der Waals surface area contributed by atoms with Crippen molar-refractivity contribution in [1.29, 1.82) is 0 Å². The number of ether oxygens (including phenoxy) is 2. The topological polar surface area (TPSA) is 77.7 Å². The third kappa shape index (κ3) is 2.94. The van der Waals surface area contributed by atoms with Gasteiger partial charge in [-0.2, -0.15) is 0 Å². The maximum absolute atomic E-state index is 11.6. The summed E-state index contributed by atoms with van der Waals surface area (Å²) in [7, 11) is 1.81. The van der Waals surface area contributed by atoms with Gasteiger partial charge in [-0.1, -0.05) is 6.42 Å². The largest absolute Gasteiger partial charge is 0.380 e. The fourth-order valence-electron chi connectivity index (χ4n) is 5.51. The highest BCUT2D eigenvalue weighted by Crippen LogP contribution is 2.52. The molecule has 0 spiro atoms. The Balaban J connectivity index is 1.66. The van der Waals surface area contributed by atoms with E-state index >= 15 is 0 Å². The van der Waals surface area contributed by atoms with Crippen molar-refractivity contribution < 1.29 is 14.3 Å². The molecule has 0 radical (unpaired) electrons. The standard InChI is InChI=1S/C20H29N3O3/c1-25-20(14-7-8-22-18(10-14)19(21)24)15-4-2-5-16(20)12-23(11-15)17-6-3-9-26-13-17/h7-8,10,15-17H,2-6,9,11-13H2,1H3,(H2,21,24). The number of carbonyl (C=O) groups is 1. The van der Waals surface area contributed by atoms with E-state index in [0.717, 1.165) is 51.1 Å². The molecule has 2 bridgehead atoms. The number of likely N-dealkylation sites (tertiary alicyclic amines) is 1. The van der Waals surface area contributed by atoms with Crippen molar-refractivity contribution in [2.24, 2.45) is 17.6 Å². The van der Waals surface area contributed by atoms with Gasteiger partial charge in [0.25, 0.3) is 5.91 Å². The Bertz CT molecular complexity index is 645. The van der Waals surface area contributed by atoms with E-state index in [1.54, 1.807) is 6.20 Å². The van der Waals surface area contributed by atoms with Crippen molar-refractivity contribution in [3.8, 4) is 0 Å². The lowest BCUT2D eigenvalue weighted by molar-refractivity contribution is -0.179. The molecular formula is C20H29N3O3. The van der Waals surface area contributed by atoms with Crippen molar-refractivity contribution in [3.05, 3.63) is 29.6 Å². The minimum Gasteiger partial charge on any atom is -0.380 e. The quantitative estimate of drug-likeness (QED) is 0.889. The number of primary amides is 1. The van der Waals surface area contributed by atoms with Crippen LogP contribution in [-0.4, -0.2) is 55.2 Å². The molecule has 3 atom stereocenters. The summed E-state index contributed by atoms with van der Waals surface area (Å²) in [6.07, 6.45) is 7.58. The van der Waals surface area contributed by atoms with Gasteiger partial charge in [-0.25, -0.2) is 0 Å². The van der Waals surface area contributed by atoms with Gasteiger partial charge in [-0.15, -0.1) is 0 Å². The first-order valence-electron chi connectivity index (χ1n) is 9.78. The number of fused-ring (bicyclic) bond motifs is 2. The minimum atomic E-state index is -0.486. The van der Waals surface area contributed by atoms with Crippen molar-refractivity contribution in [2.75, 3.05) is 33.4 Å². The van der Waals surface area contributed by atoms with Crippen LogP contribution in [-0.2, 0) is 15.1 Å². The van der Waals surface area contributed by atoms with Crippen LogP contribution in [0.5, 0.6) is 0 Å².